The number of halogens is 2. The number of likely N-dealkylation sites (N-methyl/N-ethyl adjacent to an activating group) is 1. The van der Waals surface area contributed by atoms with Gasteiger partial charge in [-0.25, -0.2) is 29.1 Å². The lowest BCUT2D eigenvalue weighted by molar-refractivity contribution is -0.913. The third-order valence-corrected chi connectivity index (χ3v) is 14.2. The Bertz CT molecular complexity index is 2900. The summed E-state index contributed by atoms with van der Waals surface area (Å²) in [5.41, 5.74) is 4.28. The van der Waals surface area contributed by atoms with E-state index in [1.165, 1.54) is 29.8 Å². The predicted octanol–water partition coefficient (Wildman–Crippen LogP) is 9.69. The lowest BCUT2D eigenvalue weighted by atomic mass is 9.95. The molecule has 354 valence electrons. The van der Waals surface area contributed by atoms with Crippen LogP contribution in [0.2, 0.25) is 5.02 Å². The van der Waals surface area contributed by atoms with Crippen LogP contribution in [0.3, 0.4) is 0 Å². The first-order valence-corrected chi connectivity index (χ1v) is 24.2. The molecule has 14 nitrogen and oxygen atoms in total. The molecule has 1 aliphatic heterocycles. The van der Waals surface area contributed by atoms with Crippen LogP contribution in [-0.2, 0) is 17.8 Å². The molecule has 1 atom stereocenters. The zero-order chi connectivity index (χ0) is 47.8. The van der Waals surface area contributed by atoms with Gasteiger partial charge in [0.1, 0.15) is 41.6 Å². The average Bonchev–Trinajstić information content (AvgIpc) is 3.74. The van der Waals surface area contributed by atoms with Gasteiger partial charge in [-0.1, -0.05) is 54.1 Å². The maximum Gasteiger partial charge on any atom is 0.345 e. The highest BCUT2D eigenvalue weighted by Gasteiger charge is 2.30. The molecule has 1 aliphatic rings. The van der Waals surface area contributed by atoms with E-state index in [0.29, 0.717) is 83.3 Å². The third kappa shape index (κ3) is 11.1. The van der Waals surface area contributed by atoms with Crippen molar-refractivity contribution in [3.63, 3.8) is 0 Å². The van der Waals surface area contributed by atoms with E-state index < -0.39 is 23.6 Å². The third-order valence-electron chi connectivity index (χ3n) is 12.1. The van der Waals surface area contributed by atoms with Crippen LogP contribution in [0.5, 0.6) is 28.9 Å². The number of aliphatic carboxylic acids is 1. The quantitative estimate of drug-likeness (QED) is 0.0375. The number of carbonyl (C=O) groups is 1. The summed E-state index contributed by atoms with van der Waals surface area (Å²) in [5, 5.41) is 22.0. The number of hydrogen-bond acceptors (Lipinski definition) is 14. The van der Waals surface area contributed by atoms with E-state index >= 15 is 0 Å². The number of aromatic hydroxyl groups is 1. The second-order valence-electron chi connectivity index (χ2n) is 16.7. The van der Waals surface area contributed by atoms with Crippen molar-refractivity contribution in [1.29, 1.82) is 0 Å². The zero-order valence-corrected chi connectivity index (χ0v) is 40.1. The van der Waals surface area contributed by atoms with E-state index in [1.807, 2.05) is 37.3 Å². The van der Waals surface area contributed by atoms with Crippen LogP contribution in [0.4, 0.5) is 4.39 Å². The number of aromatic nitrogens is 4. The average molecular weight is 983 g/mol. The molecular formula is C50H51ClFN6O8S2+. The van der Waals surface area contributed by atoms with E-state index in [9.17, 15) is 19.4 Å². The van der Waals surface area contributed by atoms with E-state index in [0.717, 1.165) is 73.5 Å². The van der Waals surface area contributed by atoms with Crippen LogP contribution in [0.15, 0.2) is 97.5 Å². The molecule has 4 heterocycles. The molecule has 0 saturated carbocycles. The summed E-state index contributed by atoms with van der Waals surface area (Å²) in [6, 6.07) is 24.1. The highest BCUT2D eigenvalue weighted by atomic mass is 35.5. The molecule has 1 unspecified atom stereocenters. The van der Waals surface area contributed by atoms with E-state index in [2.05, 4.69) is 26.9 Å². The lowest BCUT2D eigenvalue weighted by Gasteiger charge is -2.42. The topological polar surface area (TPSA) is 169 Å². The molecule has 3 aromatic heterocycles. The van der Waals surface area contributed by atoms with Crippen LogP contribution in [0.25, 0.3) is 43.2 Å². The van der Waals surface area contributed by atoms with Gasteiger partial charge in [0.25, 0.3) is 0 Å². The number of nitrogens with zero attached hydrogens (tertiary/aromatic N) is 6. The molecule has 0 bridgehead atoms. The summed E-state index contributed by atoms with van der Waals surface area (Å²) in [5.74, 6) is 0.251. The molecule has 18 heteroatoms. The van der Waals surface area contributed by atoms with Crippen molar-refractivity contribution in [3.8, 4) is 61.8 Å². The van der Waals surface area contributed by atoms with Crippen molar-refractivity contribution in [3.05, 3.63) is 125 Å². The highest BCUT2D eigenvalue weighted by molar-refractivity contribution is 7.93. The second-order valence-corrected chi connectivity index (χ2v) is 18.7. The van der Waals surface area contributed by atoms with Gasteiger partial charge in [-0.2, -0.15) is 0 Å². The van der Waals surface area contributed by atoms with Crippen LogP contribution < -0.4 is 18.9 Å². The number of benzene rings is 4. The summed E-state index contributed by atoms with van der Waals surface area (Å²) in [7, 11) is 3.86. The van der Waals surface area contributed by atoms with Gasteiger partial charge in [0, 0.05) is 54.9 Å². The van der Waals surface area contributed by atoms with Gasteiger partial charge >= 0.3 is 5.97 Å². The normalized spacial score (nSPS) is 14.1. The van der Waals surface area contributed by atoms with Crippen molar-refractivity contribution >= 4 is 51.2 Å². The molecule has 1 fully saturated rings. The van der Waals surface area contributed by atoms with Gasteiger partial charge in [-0.3, -0.25) is 4.90 Å². The van der Waals surface area contributed by atoms with E-state index in [-0.39, 0.29) is 18.9 Å². The molecule has 4 aromatic carbocycles. The number of hydrogen-bond donors (Lipinski definition) is 3. The number of rotatable bonds is 20. The fourth-order valence-electron chi connectivity index (χ4n) is 8.30. The van der Waals surface area contributed by atoms with E-state index in [1.54, 1.807) is 55.8 Å². The predicted molar refractivity (Wildman–Crippen MR) is 263 cm³/mol. The number of phenols is 1. The number of piperazine rings is 1. The van der Waals surface area contributed by atoms with Crippen LogP contribution in [-0.4, -0.2) is 122 Å². The Morgan fingerprint density at radius 2 is 1.75 bits per heavy atom. The van der Waals surface area contributed by atoms with E-state index in [4.69, 9.17) is 40.1 Å². The Labute approximate surface area is 406 Å². The minimum Gasteiger partial charge on any atom is -0.505 e. The summed E-state index contributed by atoms with van der Waals surface area (Å²) in [6.07, 6.45) is 2.39. The molecular weight excluding hydrogens is 931 g/mol. The molecule has 8 rings (SSSR count). The highest BCUT2D eigenvalue weighted by Crippen LogP contribution is 2.50. The smallest absolute Gasteiger partial charge is 0.345 e. The number of carboxylic acid groups (broad SMARTS) is 1. The first-order valence-electron chi connectivity index (χ1n) is 22.0. The van der Waals surface area contributed by atoms with Crippen molar-refractivity contribution in [2.75, 3.05) is 65.8 Å². The van der Waals surface area contributed by atoms with Crippen LogP contribution >= 0.6 is 35.0 Å². The SMILES string of the molecule is COc1ccccc1-c1nccc(COc2ccccc2CC(Oc2ncnc3sc(-c4ccc(F)c(O)c4)c(-c4ccc(OCCN5CC[N+](C)(CCCSO)CC5)c(Cl)c4C)c23)C(=O)O)n1. The fraction of sp³-hybridized carbons (Fsp3) is 0.300. The number of carboxylic acids is 1. The second kappa shape index (κ2) is 21.9. The molecule has 0 aliphatic carbocycles. The van der Waals surface area contributed by atoms with Crippen molar-refractivity contribution in [2.45, 2.75) is 32.5 Å². The summed E-state index contributed by atoms with van der Waals surface area (Å²) < 4.78 is 49.0. The number of fused-ring (bicyclic) bond motifs is 1. The molecule has 7 aromatic rings. The largest absolute Gasteiger partial charge is 0.505 e. The van der Waals surface area contributed by atoms with Gasteiger partial charge < -0.3 is 38.2 Å². The molecule has 0 spiro atoms. The number of para-hydroxylation sites is 2. The monoisotopic (exact) mass is 981 g/mol. The molecule has 68 heavy (non-hydrogen) atoms. The number of methoxy groups -OCH3 is 1. The number of ether oxygens (including phenoxy) is 4. The van der Waals surface area contributed by atoms with Gasteiger partial charge in [0.15, 0.2) is 17.4 Å². The lowest BCUT2D eigenvalue weighted by Crippen LogP contribution is -2.58. The maximum atomic E-state index is 14.4. The van der Waals surface area contributed by atoms with Crippen molar-refractivity contribution in [1.82, 2.24) is 24.8 Å². The van der Waals surface area contributed by atoms with Gasteiger partial charge in [-0.05, 0) is 83.7 Å². The van der Waals surface area contributed by atoms with Crippen molar-refractivity contribution < 1.29 is 47.4 Å². The standard InChI is InChI=1S/C50H50ClFN6O8S2/c1-31-35(14-16-41(45(31)51)64-25-21-57-19-23-58(2,24-20-57)22-8-26-67-62)43-44-48(54-30-55-49(44)68-46(43)33-13-15-37(52)38(59)27-33)66-42(50(60)61)28-32-9-4-6-11-39(32)65-29-34-17-18-53-47(56-34)36-10-5-7-12-40(36)63-3/h4-7,9-18,27,30,42H,8,19-26,28-29H2,1-3H3,(H2-,59,60,61,62)/p+1. The number of quaternary nitrogens is 1. The van der Waals surface area contributed by atoms with Crippen LogP contribution in [0.1, 0.15) is 23.2 Å². The van der Waals surface area contributed by atoms with Gasteiger partial charge in [-0.15, -0.1) is 11.3 Å². The van der Waals surface area contributed by atoms with Gasteiger partial charge in [0.2, 0.25) is 12.0 Å². The molecule has 0 radical (unpaired) electrons. The first-order chi connectivity index (χ1) is 32.9. The minimum atomic E-state index is -1.43. The maximum absolute atomic E-state index is 14.4. The summed E-state index contributed by atoms with van der Waals surface area (Å²) in [6.45, 7) is 8.05. The van der Waals surface area contributed by atoms with Crippen molar-refractivity contribution in [2.24, 2.45) is 0 Å². The number of phenolic OH excluding ortho intramolecular Hbond substituents is 1. The molecule has 0 amide bonds. The first kappa shape index (κ1) is 48.4. The Morgan fingerprint density at radius 1 is 0.971 bits per heavy atom. The summed E-state index contributed by atoms with van der Waals surface area (Å²) in [4.78, 5) is 34.7. The number of thiophene rings is 1. The molecule has 1 saturated heterocycles. The Balaban J connectivity index is 1.05. The molecule has 3 N–H and O–H groups in total. The fourth-order valence-corrected chi connectivity index (χ4v) is 9.92. The minimum absolute atomic E-state index is 0.00822. The zero-order valence-electron chi connectivity index (χ0n) is 37.7. The Hall–Kier alpha value is -6.08. The Morgan fingerprint density at radius 3 is 2.51 bits per heavy atom. The Kier molecular flexibility index (Phi) is 15.6. The van der Waals surface area contributed by atoms with Gasteiger partial charge in [0.05, 0.1) is 55.5 Å². The van der Waals surface area contributed by atoms with Crippen LogP contribution in [0, 0.1) is 12.7 Å². The summed E-state index contributed by atoms with van der Waals surface area (Å²) >= 11 is 9.26.